The first-order chi connectivity index (χ1) is 19.1. The Morgan fingerprint density at radius 3 is 1.82 bits per heavy atom. The molecule has 1 aromatic heterocycles. The van der Waals surface area contributed by atoms with Crippen molar-refractivity contribution in [2.45, 2.75) is 49.6 Å². The molecule has 0 bridgehead atoms. The molecule has 8 heteroatoms. The first-order valence-corrected chi connectivity index (χ1v) is 13.9. The Morgan fingerprint density at radius 1 is 0.744 bits per heavy atom. The van der Waals surface area contributed by atoms with Crippen LogP contribution in [-0.2, 0) is 34.0 Å². The Morgan fingerprint density at radius 2 is 1.26 bits per heavy atom. The molecule has 1 saturated heterocycles. The number of aromatic amines is 1. The van der Waals surface area contributed by atoms with Gasteiger partial charge in [0.1, 0.15) is 17.6 Å². The fraction of sp³-hybridized carbons (Fsp3) is 0.290. The molecule has 4 aromatic rings. The van der Waals surface area contributed by atoms with E-state index in [2.05, 4.69) is 4.98 Å². The monoisotopic (exact) mass is 544 g/mol. The predicted octanol–water partition coefficient (Wildman–Crippen LogP) is 4.85. The van der Waals surface area contributed by atoms with Crippen molar-refractivity contribution >= 4 is 11.8 Å². The van der Waals surface area contributed by atoms with E-state index in [1.807, 2.05) is 91.0 Å². The summed E-state index contributed by atoms with van der Waals surface area (Å²) in [6, 6.07) is 29.9. The van der Waals surface area contributed by atoms with Crippen LogP contribution in [0, 0.1) is 6.92 Å². The van der Waals surface area contributed by atoms with Crippen molar-refractivity contribution in [1.29, 1.82) is 0 Å². The fourth-order valence-electron chi connectivity index (χ4n) is 4.62. The Labute approximate surface area is 231 Å². The molecule has 3 aromatic carbocycles. The molecule has 0 amide bonds. The van der Waals surface area contributed by atoms with Crippen molar-refractivity contribution < 1.29 is 14.2 Å². The number of aromatic nitrogens is 2. The zero-order chi connectivity index (χ0) is 27.0. The normalized spacial score (nSPS) is 20.7. The third-order valence-corrected chi connectivity index (χ3v) is 8.20. The molecule has 0 saturated carbocycles. The van der Waals surface area contributed by atoms with Crippen LogP contribution < -0.4 is 11.2 Å². The molecule has 1 fully saturated rings. The first-order valence-electron chi connectivity index (χ1n) is 13.0. The lowest BCUT2D eigenvalue weighted by molar-refractivity contribution is -0.0920. The molecule has 1 aliphatic rings. The molecular weight excluding hydrogens is 512 g/mol. The van der Waals surface area contributed by atoms with Gasteiger partial charge in [0, 0.05) is 11.8 Å². The topological polar surface area (TPSA) is 82.6 Å². The second-order valence-electron chi connectivity index (χ2n) is 9.57. The Balaban J connectivity index is 1.43. The van der Waals surface area contributed by atoms with E-state index in [1.165, 1.54) is 0 Å². The number of nitrogens with zero attached hydrogens (tertiary/aromatic N) is 1. The van der Waals surface area contributed by atoms with Crippen LogP contribution in [0.1, 0.15) is 27.6 Å². The second kappa shape index (κ2) is 13.1. The van der Waals surface area contributed by atoms with Gasteiger partial charge >= 0.3 is 5.69 Å². The number of benzene rings is 3. The average Bonchev–Trinajstić information content (AvgIpc) is 3.31. The van der Waals surface area contributed by atoms with Gasteiger partial charge < -0.3 is 14.2 Å². The molecule has 4 atom stereocenters. The van der Waals surface area contributed by atoms with Crippen molar-refractivity contribution in [2.24, 2.45) is 0 Å². The third kappa shape index (κ3) is 6.96. The minimum Gasteiger partial charge on any atom is -0.376 e. The van der Waals surface area contributed by atoms with Gasteiger partial charge in [-0.1, -0.05) is 91.0 Å². The van der Waals surface area contributed by atoms with Crippen LogP contribution in [0.15, 0.2) is 107 Å². The van der Waals surface area contributed by atoms with Crippen LogP contribution in [0.25, 0.3) is 0 Å². The summed E-state index contributed by atoms with van der Waals surface area (Å²) in [7, 11) is 0. The molecule has 0 spiro atoms. The van der Waals surface area contributed by atoms with Crippen molar-refractivity contribution in [2.75, 3.05) is 6.61 Å². The molecule has 2 heterocycles. The molecule has 1 aliphatic heterocycles. The molecule has 5 rings (SSSR count). The Bertz CT molecular complexity index is 1440. The van der Waals surface area contributed by atoms with Gasteiger partial charge in [0.15, 0.2) is 0 Å². The van der Waals surface area contributed by atoms with Gasteiger partial charge in [-0.2, -0.15) is 0 Å². The zero-order valence-electron chi connectivity index (χ0n) is 21.8. The lowest BCUT2D eigenvalue weighted by Gasteiger charge is -2.27. The van der Waals surface area contributed by atoms with Gasteiger partial charge in [0.05, 0.1) is 31.7 Å². The highest BCUT2D eigenvalue weighted by Crippen LogP contribution is 2.45. The summed E-state index contributed by atoms with van der Waals surface area (Å²) in [4.78, 5) is 27.5. The average molecular weight is 545 g/mol. The summed E-state index contributed by atoms with van der Waals surface area (Å²) >= 11 is 1.58. The van der Waals surface area contributed by atoms with Crippen LogP contribution in [0.2, 0.25) is 0 Å². The van der Waals surface area contributed by atoms with Gasteiger partial charge in [-0.15, -0.1) is 11.8 Å². The maximum atomic E-state index is 13.0. The van der Waals surface area contributed by atoms with E-state index in [4.69, 9.17) is 14.2 Å². The highest BCUT2D eigenvalue weighted by Gasteiger charge is 2.47. The SMILES string of the molecule is Cc1cn([C@H]2S[C@@H](COCc3ccccc3)[C@H](OCc3ccccc3)[C@H]2OCc2ccccc2)c(=O)[nH]c1=O. The minimum atomic E-state index is -0.468. The van der Waals surface area contributed by atoms with Crippen molar-refractivity contribution in [3.05, 3.63) is 140 Å². The largest absolute Gasteiger partial charge is 0.376 e. The number of ether oxygens (including phenoxy) is 3. The first kappa shape index (κ1) is 27.1. The van der Waals surface area contributed by atoms with Crippen LogP contribution >= 0.6 is 11.8 Å². The van der Waals surface area contributed by atoms with Gasteiger partial charge in [0.2, 0.25) is 0 Å². The summed E-state index contributed by atoms with van der Waals surface area (Å²) in [6.07, 6.45) is 0.783. The molecule has 39 heavy (non-hydrogen) atoms. The smallest absolute Gasteiger partial charge is 0.329 e. The zero-order valence-corrected chi connectivity index (χ0v) is 22.6. The molecule has 0 unspecified atom stereocenters. The van der Waals surface area contributed by atoms with Crippen molar-refractivity contribution in [1.82, 2.24) is 9.55 Å². The molecule has 1 N–H and O–H groups in total. The number of thioether (sulfide) groups is 1. The maximum Gasteiger partial charge on any atom is 0.329 e. The molecule has 0 aliphatic carbocycles. The minimum absolute atomic E-state index is 0.109. The van der Waals surface area contributed by atoms with Crippen LogP contribution in [0.3, 0.4) is 0 Å². The highest BCUT2D eigenvalue weighted by molar-refractivity contribution is 8.00. The van der Waals surface area contributed by atoms with E-state index in [0.717, 1.165) is 16.7 Å². The van der Waals surface area contributed by atoms with Gasteiger partial charge in [0.25, 0.3) is 5.56 Å². The van der Waals surface area contributed by atoms with E-state index in [-0.39, 0.29) is 16.9 Å². The third-order valence-electron chi connectivity index (χ3n) is 6.67. The van der Waals surface area contributed by atoms with E-state index in [0.29, 0.717) is 32.0 Å². The molecule has 0 radical (unpaired) electrons. The second-order valence-corrected chi connectivity index (χ2v) is 10.9. The molecule has 7 nitrogen and oxygen atoms in total. The number of rotatable bonds is 11. The van der Waals surface area contributed by atoms with E-state index in [9.17, 15) is 9.59 Å². The summed E-state index contributed by atoms with van der Waals surface area (Å²) in [5.74, 6) is 0. The van der Waals surface area contributed by atoms with Crippen LogP contribution in [0.4, 0.5) is 0 Å². The highest BCUT2D eigenvalue weighted by atomic mass is 32.2. The maximum absolute atomic E-state index is 13.0. The number of hydrogen-bond donors (Lipinski definition) is 1. The standard InChI is InChI=1S/C31H32N2O5S/c1-22-17-33(31(35)32-29(22)34)30-28(38-20-25-15-9-4-10-16-25)27(37-19-24-13-7-3-8-14-24)26(39-30)21-36-18-23-11-5-2-6-12-23/h2-17,26-28,30H,18-21H2,1H3,(H,32,34,35)/t26-,27-,28+,30-/m0/s1. The summed E-state index contributed by atoms with van der Waals surface area (Å²) in [5.41, 5.74) is 2.76. The van der Waals surface area contributed by atoms with Crippen molar-refractivity contribution in [3.8, 4) is 0 Å². The van der Waals surface area contributed by atoms with E-state index >= 15 is 0 Å². The number of aryl methyl sites for hydroxylation is 1. The quantitative estimate of drug-likeness (QED) is 0.291. The van der Waals surface area contributed by atoms with E-state index < -0.39 is 17.2 Å². The van der Waals surface area contributed by atoms with Crippen LogP contribution in [0.5, 0.6) is 0 Å². The Kier molecular flexibility index (Phi) is 9.11. The van der Waals surface area contributed by atoms with Crippen molar-refractivity contribution in [3.63, 3.8) is 0 Å². The molecule has 202 valence electrons. The van der Waals surface area contributed by atoms with Gasteiger partial charge in [-0.25, -0.2) is 4.79 Å². The van der Waals surface area contributed by atoms with Gasteiger partial charge in [-0.3, -0.25) is 14.3 Å². The lowest BCUT2D eigenvalue weighted by Crippen LogP contribution is -2.41. The fourth-order valence-corrected chi connectivity index (χ4v) is 6.22. The van der Waals surface area contributed by atoms with Gasteiger partial charge in [-0.05, 0) is 23.6 Å². The number of hydrogen-bond acceptors (Lipinski definition) is 6. The summed E-state index contributed by atoms with van der Waals surface area (Å²) < 4.78 is 20.8. The Hall–Kier alpha value is -3.43. The number of H-pyrrole nitrogens is 1. The predicted molar refractivity (Wildman–Crippen MR) is 153 cm³/mol. The summed E-state index contributed by atoms with van der Waals surface area (Å²) in [6.45, 7) is 3.35. The van der Waals surface area contributed by atoms with Crippen LogP contribution in [-0.4, -0.2) is 33.6 Å². The number of nitrogens with one attached hydrogen (secondary N) is 1. The lowest BCUT2D eigenvalue weighted by atomic mass is 10.1. The summed E-state index contributed by atoms with van der Waals surface area (Å²) in [5, 5.41) is -0.523. The molecular formula is C31H32N2O5S. The van der Waals surface area contributed by atoms with E-state index in [1.54, 1.807) is 29.4 Å².